The molecule has 0 aliphatic heterocycles. The van der Waals surface area contributed by atoms with Gasteiger partial charge in [-0.1, -0.05) is 26.8 Å². The SMILES string of the molecule is CC(C)(C)c1ccc(C(C)(C)F)nc1. The van der Waals surface area contributed by atoms with E-state index in [2.05, 4.69) is 25.8 Å². The van der Waals surface area contributed by atoms with Crippen molar-refractivity contribution < 1.29 is 4.39 Å². The molecule has 0 aliphatic rings. The number of hydrogen-bond acceptors (Lipinski definition) is 1. The van der Waals surface area contributed by atoms with Crippen LogP contribution in [0.25, 0.3) is 0 Å². The van der Waals surface area contributed by atoms with Crippen LogP contribution >= 0.6 is 0 Å². The van der Waals surface area contributed by atoms with Gasteiger partial charge in [0.2, 0.25) is 0 Å². The fraction of sp³-hybridized carbons (Fsp3) is 0.583. The smallest absolute Gasteiger partial charge is 0.147 e. The van der Waals surface area contributed by atoms with E-state index in [1.54, 1.807) is 12.3 Å². The molecule has 1 aromatic heterocycles. The fourth-order valence-electron chi connectivity index (χ4n) is 1.19. The van der Waals surface area contributed by atoms with Crippen LogP contribution < -0.4 is 0 Å². The Labute approximate surface area is 85.4 Å². The average Bonchev–Trinajstić information content (AvgIpc) is 2.01. The molecule has 0 aliphatic carbocycles. The fourth-order valence-corrected chi connectivity index (χ4v) is 1.19. The second-order valence-electron chi connectivity index (χ2n) is 5.15. The molecular formula is C12H18FN. The number of alkyl halides is 1. The third kappa shape index (κ3) is 2.53. The second-order valence-corrected chi connectivity index (χ2v) is 5.15. The van der Waals surface area contributed by atoms with E-state index < -0.39 is 5.67 Å². The van der Waals surface area contributed by atoms with E-state index in [9.17, 15) is 4.39 Å². The van der Waals surface area contributed by atoms with Crippen molar-refractivity contribution in [1.29, 1.82) is 0 Å². The first-order valence-electron chi connectivity index (χ1n) is 4.87. The molecule has 1 heterocycles. The maximum Gasteiger partial charge on any atom is 0.147 e. The first-order valence-corrected chi connectivity index (χ1v) is 4.87. The molecule has 14 heavy (non-hydrogen) atoms. The largest absolute Gasteiger partial charge is 0.258 e. The van der Waals surface area contributed by atoms with Gasteiger partial charge >= 0.3 is 0 Å². The Morgan fingerprint density at radius 3 is 1.93 bits per heavy atom. The lowest BCUT2D eigenvalue weighted by Crippen LogP contribution is -2.15. The first-order chi connectivity index (χ1) is 6.21. The Bertz CT molecular complexity index is 268. The lowest BCUT2D eigenvalue weighted by Gasteiger charge is -2.20. The normalized spacial score (nSPS) is 13.0. The highest BCUT2D eigenvalue weighted by Gasteiger charge is 2.21. The molecule has 0 saturated heterocycles. The van der Waals surface area contributed by atoms with Crippen molar-refractivity contribution in [3.63, 3.8) is 0 Å². The van der Waals surface area contributed by atoms with Crippen LogP contribution in [0.2, 0.25) is 0 Å². The molecule has 1 rings (SSSR count). The van der Waals surface area contributed by atoms with Crippen LogP contribution in [-0.4, -0.2) is 4.98 Å². The van der Waals surface area contributed by atoms with Gasteiger partial charge in [-0.15, -0.1) is 0 Å². The third-order valence-corrected chi connectivity index (χ3v) is 2.24. The zero-order chi connectivity index (χ0) is 11.0. The summed E-state index contributed by atoms with van der Waals surface area (Å²) in [7, 11) is 0. The lowest BCUT2D eigenvalue weighted by atomic mass is 9.88. The molecule has 0 aromatic carbocycles. The van der Waals surface area contributed by atoms with Crippen molar-refractivity contribution in [2.45, 2.75) is 45.7 Å². The standard InChI is InChI=1S/C12H18FN/c1-11(2,3)9-6-7-10(14-8-9)12(4,5)13/h6-8H,1-5H3. The monoisotopic (exact) mass is 195 g/mol. The maximum atomic E-state index is 13.5. The van der Waals surface area contributed by atoms with Gasteiger partial charge in [0.05, 0.1) is 5.69 Å². The molecule has 0 amide bonds. The minimum atomic E-state index is -1.35. The second kappa shape index (κ2) is 3.34. The zero-order valence-corrected chi connectivity index (χ0v) is 9.56. The molecule has 2 heteroatoms. The molecule has 0 spiro atoms. The van der Waals surface area contributed by atoms with Crippen molar-refractivity contribution in [2.24, 2.45) is 0 Å². The molecule has 1 aromatic rings. The highest BCUT2D eigenvalue weighted by Crippen LogP contribution is 2.26. The average molecular weight is 195 g/mol. The molecular weight excluding hydrogens is 177 g/mol. The summed E-state index contributed by atoms with van der Waals surface area (Å²) in [6.45, 7) is 9.39. The van der Waals surface area contributed by atoms with E-state index in [4.69, 9.17) is 0 Å². The Hall–Kier alpha value is -0.920. The van der Waals surface area contributed by atoms with Gasteiger partial charge in [0, 0.05) is 6.20 Å². The van der Waals surface area contributed by atoms with Gasteiger partial charge in [0.1, 0.15) is 5.67 Å². The van der Waals surface area contributed by atoms with Gasteiger partial charge in [-0.3, -0.25) is 4.98 Å². The summed E-state index contributed by atoms with van der Waals surface area (Å²) in [5, 5.41) is 0. The molecule has 0 fully saturated rings. The molecule has 0 radical (unpaired) electrons. The van der Waals surface area contributed by atoms with E-state index >= 15 is 0 Å². The van der Waals surface area contributed by atoms with Crippen LogP contribution in [0.15, 0.2) is 18.3 Å². The van der Waals surface area contributed by atoms with Crippen LogP contribution in [0, 0.1) is 0 Å². The number of rotatable bonds is 1. The maximum absolute atomic E-state index is 13.5. The topological polar surface area (TPSA) is 12.9 Å². The highest BCUT2D eigenvalue weighted by molar-refractivity contribution is 5.23. The van der Waals surface area contributed by atoms with E-state index in [1.807, 2.05) is 6.07 Å². The van der Waals surface area contributed by atoms with E-state index in [-0.39, 0.29) is 5.41 Å². The van der Waals surface area contributed by atoms with Gasteiger partial charge in [0.15, 0.2) is 0 Å². The highest BCUT2D eigenvalue weighted by atomic mass is 19.1. The van der Waals surface area contributed by atoms with Crippen LogP contribution in [-0.2, 0) is 11.1 Å². The van der Waals surface area contributed by atoms with Crippen molar-refractivity contribution >= 4 is 0 Å². The summed E-state index contributed by atoms with van der Waals surface area (Å²) in [5.74, 6) is 0. The van der Waals surface area contributed by atoms with Crippen LogP contribution in [0.5, 0.6) is 0 Å². The molecule has 0 unspecified atom stereocenters. The van der Waals surface area contributed by atoms with E-state index in [1.165, 1.54) is 13.8 Å². The molecule has 78 valence electrons. The number of pyridine rings is 1. The first kappa shape index (κ1) is 11.2. The summed E-state index contributed by atoms with van der Waals surface area (Å²) < 4.78 is 13.5. The van der Waals surface area contributed by atoms with Crippen molar-refractivity contribution in [3.05, 3.63) is 29.6 Å². The van der Waals surface area contributed by atoms with Crippen molar-refractivity contribution in [2.75, 3.05) is 0 Å². The minimum Gasteiger partial charge on any atom is -0.258 e. The Morgan fingerprint density at radius 2 is 1.64 bits per heavy atom. The third-order valence-electron chi connectivity index (χ3n) is 2.24. The molecule has 0 N–H and O–H groups in total. The van der Waals surface area contributed by atoms with Crippen molar-refractivity contribution in [3.8, 4) is 0 Å². The van der Waals surface area contributed by atoms with E-state index in [0.29, 0.717) is 5.69 Å². The van der Waals surface area contributed by atoms with Crippen molar-refractivity contribution in [1.82, 2.24) is 4.98 Å². The van der Waals surface area contributed by atoms with Crippen LogP contribution in [0.1, 0.15) is 45.9 Å². The van der Waals surface area contributed by atoms with Crippen LogP contribution in [0.4, 0.5) is 4.39 Å². The molecule has 0 atom stereocenters. The summed E-state index contributed by atoms with van der Waals surface area (Å²) in [5.41, 5.74) is 0.346. The summed E-state index contributed by atoms with van der Waals surface area (Å²) in [6.07, 6.45) is 1.76. The Morgan fingerprint density at radius 1 is 1.07 bits per heavy atom. The van der Waals surface area contributed by atoms with Gasteiger partial charge in [-0.2, -0.15) is 0 Å². The minimum absolute atomic E-state index is 0.0754. The molecule has 0 bridgehead atoms. The molecule has 1 nitrogen and oxygen atoms in total. The van der Waals surface area contributed by atoms with Gasteiger partial charge in [-0.25, -0.2) is 4.39 Å². The summed E-state index contributed by atoms with van der Waals surface area (Å²) in [4.78, 5) is 4.14. The lowest BCUT2D eigenvalue weighted by molar-refractivity contribution is 0.214. The van der Waals surface area contributed by atoms with Gasteiger partial charge in [-0.05, 0) is 30.9 Å². The zero-order valence-electron chi connectivity index (χ0n) is 9.56. The summed E-state index contributed by atoms with van der Waals surface area (Å²) >= 11 is 0. The van der Waals surface area contributed by atoms with Crippen LogP contribution in [0.3, 0.4) is 0 Å². The predicted molar refractivity (Wildman–Crippen MR) is 57.1 cm³/mol. The van der Waals surface area contributed by atoms with Gasteiger partial charge in [0.25, 0.3) is 0 Å². The number of halogens is 1. The number of hydrogen-bond donors (Lipinski definition) is 0. The number of nitrogens with zero attached hydrogens (tertiary/aromatic N) is 1. The quantitative estimate of drug-likeness (QED) is 0.667. The van der Waals surface area contributed by atoms with E-state index in [0.717, 1.165) is 5.56 Å². The number of aromatic nitrogens is 1. The summed E-state index contributed by atoms with van der Waals surface area (Å²) in [6, 6.07) is 3.71. The molecule has 0 saturated carbocycles. The Balaban J connectivity index is 3.02. The van der Waals surface area contributed by atoms with Gasteiger partial charge < -0.3 is 0 Å². The predicted octanol–water partition coefficient (Wildman–Crippen LogP) is 3.58. The Kier molecular flexibility index (Phi) is 2.66.